The van der Waals surface area contributed by atoms with Crippen molar-refractivity contribution in [1.29, 1.82) is 0 Å². The second kappa shape index (κ2) is 6.86. The number of aromatic amines is 1. The zero-order valence-corrected chi connectivity index (χ0v) is 14.9. The number of halogens is 1. The molecular weight excluding hydrogens is 348 g/mol. The van der Waals surface area contributed by atoms with Gasteiger partial charge in [-0.05, 0) is 18.1 Å². The minimum absolute atomic E-state index is 0.384. The van der Waals surface area contributed by atoms with Gasteiger partial charge in [0.1, 0.15) is 0 Å². The molecule has 0 amide bonds. The Kier molecular flexibility index (Phi) is 4.82. The molecule has 0 bridgehead atoms. The number of nitrogens with zero attached hydrogens (tertiary/aromatic N) is 3. The summed E-state index contributed by atoms with van der Waals surface area (Å²) < 4.78 is 3.19. The lowest BCUT2D eigenvalue weighted by molar-refractivity contribution is 0.728. The van der Waals surface area contributed by atoms with Crippen LogP contribution in [0.5, 0.6) is 0 Å². The molecule has 0 atom stereocenters. The van der Waals surface area contributed by atoms with Crippen LogP contribution in [0.3, 0.4) is 0 Å². The molecule has 126 valence electrons. The molecule has 8 heteroatoms. The predicted octanol–water partition coefficient (Wildman–Crippen LogP) is 2.63. The molecular formula is C16H17ClN4O2S. The molecule has 6 nitrogen and oxygen atoms in total. The maximum Gasteiger partial charge on any atom is 0.329 e. The number of thioether (sulfide) groups is 1. The highest BCUT2D eigenvalue weighted by Crippen LogP contribution is 2.25. The van der Waals surface area contributed by atoms with Crippen molar-refractivity contribution < 1.29 is 0 Å². The normalized spacial score (nSPS) is 11.3. The first-order valence-electron chi connectivity index (χ1n) is 7.58. The summed E-state index contributed by atoms with van der Waals surface area (Å²) in [5.41, 5.74) is 0.757. The molecule has 3 rings (SSSR count). The average Bonchev–Trinajstić information content (AvgIpc) is 2.92. The second-order valence-corrected chi connectivity index (χ2v) is 6.88. The number of hydrogen-bond donors (Lipinski definition) is 1. The zero-order valence-electron chi connectivity index (χ0n) is 13.4. The standard InChI is InChI=1S/C16H17ClN4O2S/c1-3-8-24-16-18-13-12(14(22)19-15(23)20(13)2)21(16)9-10-6-4-5-7-11(10)17/h4-7H,3,8-9H2,1-2H3,(H,19,22,23). The van der Waals surface area contributed by atoms with Gasteiger partial charge in [0, 0.05) is 17.8 Å². The Balaban J connectivity index is 2.23. The number of nitrogens with one attached hydrogen (secondary N) is 1. The fraction of sp³-hybridized carbons (Fsp3) is 0.312. The smallest absolute Gasteiger partial charge is 0.309 e. The lowest BCUT2D eigenvalue weighted by atomic mass is 10.2. The largest absolute Gasteiger partial charge is 0.329 e. The summed E-state index contributed by atoms with van der Waals surface area (Å²) in [4.78, 5) is 31.1. The topological polar surface area (TPSA) is 72.7 Å². The Labute approximate surface area is 147 Å². The molecule has 0 saturated heterocycles. The van der Waals surface area contributed by atoms with Gasteiger partial charge in [-0.3, -0.25) is 14.3 Å². The molecule has 1 N–H and O–H groups in total. The van der Waals surface area contributed by atoms with Crippen molar-refractivity contribution in [2.24, 2.45) is 7.05 Å². The number of aryl methyl sites for hydroxylation is 1. The number of rotatable bonds is 5. The summed E-state index contributed by atoms with van der Waals surface area (Å²) >= 11 is 7.83. The van der Waals surface area contributed by atoms with Crippen LogP contribution in [0.15, 0.2) is 39.0 Å². The van der Waals surface area contributed by atoms with Gasteiger partial charge in [-0.1, -0.05) is 48.5 Å². The van der Waals surface area contributed by atoms with Crippen molar-refractivity contribution >= 4 is 34.5 Å². The Morgan fingerprint density at radius 3 is 2.75 bits per heavy atom. The molecule has 1 aromatic carbocycles. The van der Waals surface area contributed by atoms with Crippen molar-refractivity contribution in [3.8, 4) is 0 Å². The molecule has 0 unspecified atom stereocenters. The van der Waals surface area contributed by atoms with E-state index < -0.39 is 11.2 Å². The molecule has 2 heterocycles. The van der Waals surface area contributed by atoms with Crippen molar-refractivity contribution in [3.63, 3.8) is 0 Å². The van der Waals surface area contributed by atoms with Crippen molar-refractivity contribution in [2.45, 2.75) is 25.0 Å². The maximum absolute atomic E-state index is 12.4. The van der Waals surface area contributed by atoms with E-state index in [0.717, 1.165) is 17.7 Å². The minimum atomic E-state index is -0.470. The zero-order chi connectivity index (χ0) is 17.3. The molecule has 0 aliphatic carbocycles. The number of benzene rings is 1. The summed E-state index contributed by atoms with van der Waals surface area (Å²) in [5.74, 6) is 0.873. The first-order valence-corrected chi connectivity index (χ1v) is 8.95. The number of H-pyrrole nitrogens is 1. The van der Waals surface area contributed by atoms with Crippen LogP contribution in [0.25, 0.3) is 11.2 Å². The lowest BCUT2D eigenvalue weighted by Crippen LogP contribution is -2.29. The van der Waals surface area contributed by atoms with Gasteiger partial charge in [-0.2, -0.15) is 0 Å². The number of aromatic nitrogens is 4. The van der Waals surface area contributed by atoms with Gasteiger partial charge in [0.15, 0.2) is 16.3 Å². The monoisotopic (exact) mass is 364 g/mol. The van der Waals surface area contributed by atoms with Gasteiger partial charge in [0.25, 0.3) is 5.56 Å². The average molecular weight is 365 g/mol. The molecule has 0 radical (unpaired) electrons. The molecule has 2 aromatic heterocycles. The molecule has 3 aromatic rings. The molecule has 0 fully saturated rings. The summed E-state index contributed by atoms with van der Waals surface area (Å²) in [5, 5.41) is 1.34. The van der Waals surface area contributed by atoms with E-state index in [1.54, 1.807) is 18.8 Å². The third kappa shape index (κ3) is 3.01. The highest BCUT2D eigenvalue weighted by molar-refractivity contribution is 7.99. The van der Waals surface area contributed by atoms with E-state index in [2.05, 4.69) is 16.9 Å². The minimum Gasteiger partial charge on any atom is -0.309 e. The summed E-state index contributed by atoms with van der Waals surface area (Å²) in [6, 6.07) is 7.49. The van der Waals surface area contributed by atoms with Gasteiger partial charge in [0.05, 0.1) is 6.54 Å². The van der Waals surface area contributed by atoms with E-state index in [1.807, 2.05) is 28.8 Å². The molecule has 0 aliphatic heterocycles. The highest BCUT2D eigenvalue weighted by atomic mass is 35.5. The van der Waals surface area contributed by atoms with E-state index in [-0.39, 0.29) is 0 Å². The number of imidazole rings is 1. The number of hydrogen-bond acceptors (Lipinski definition) is 4. The molecule has 24 heavy (non-hydrogen) atoms. The summed E-state index contributed by atoms with van der Waals surface area (Å²) in [7, 11) is 1.60. The van der Waals surface area contributed by atoms with E-state index >= 15 is 0 Å². The molecule has 0 spiro atoms. The SMILES string of the molecule is CCCSc1nc2c(c(=O)[nH]c(=O)n2C)n1Cc1ccccc1Cl. The van der Waals surface area contributed by atoms with Crippen LogP contribution in [-0.2, 0) is 13.6 Å². The van der Waals surface area contributed by atoms with Crippen LogP contribution in [0.1, 0.15) is 18.9 Å². The van der Waals surface area contributed by atoms with Crippen LogP contribution in [0, 0.1) is 0 Å². The fourth-order valence-corrected chi connectivity index (χ4v) is 3.51. The van der Waals surface area contributed by atoms with Crippen LogP contribution in [-0.4, -0.2) is 24.9 Å². The Hall–Kier alpha value is -1.99. The van der Waals surface area contributed by atoms with Gasteiger partial charge in [0.2, 0.25) is 0 Å². The van der Waals surface area contributed by atoms with E-state index in [4.69, 9.17) is 11.6 Å². The second-order valence-electron chi connectivity index (χ2n) is 5.41. The van der Waals surface area contributed by atoms with Crippen molar-refractivity contribution in [1.82, 2.24) is 19.1 Å². The summed E-state index contributed by atoms with van der Waals surface area (Å²) in [6.45, 7) is 2.50. The fourth-order valence-electron chi connectivity index (χ4n) is 2.46. The van der Waals surface area contributed by atoms with Gasteiger partial charge in [-0.25, -0.2) is 9.78 Å². The lowest BCUT2D eigenvalue weighted by Gasteiger charge is -2.09. The van der Waals surface area contributed by atoms with E-state index in [0.29, 0.717) is 27.9 Å². The van der Waals surface area contributed by atoms with Crippen molar-refractivity contribution in [2.75, 3.05) is 5.75 Å². The highest BCUT2D eigenvalue weighted by Gasteiger charge is 2.18. The molecule has 0 aliphatic rings. The third-order valence-electron chi connectivity index (χ3n) is 3.69. The first-order chi connectivity index (χ1) is 11.5. The van der Waals surface area contributed by atoms with Gasteiger partial charge >= 0.3 is 5.69 Å². The Morgan fingerprint density at radius 1 is 1.29 bits per heavy atom. The Morgan fingerprint density at radius 2 is 2.04 bits per heavy atom. The van der Waals surface area contributed by atoms with Gasteiger partial charge in [-0.15, -0.1) is 0 Å². The quantitative estimate of drug-likeness (QED) is 0.706. The van der Waals surface area contributed by atoms with E-state index in [9.17, 15) is 9.59 Å². The van der Waals surface area contributed by atoms with Gasteiger partial charge < -0.3 is 4.57 Å². The van der Waals surface area contributed by atoms with Crippen LogP contribution in [0.2, 0.25) is 5.02 Å². The number of fused-ring (bicyclic) bond motifs is 1. The summed E-state index contributed by atoms with van der Waals surface area (Å²) in [6.07, 6.45) is 0.981. The maximum atomic E-state index is 12.4. The Bertz CT molecular complexity index is 1010. The first kappa shape index (κ1) is 16.9. The van der Waals surface area contributed by atoms with E-state index in [1.165, 1.54) is 4.57 Å². The third-order valence-corrected chi connectivity index (χ3v) is 5.24. The van der Waals surface area contributed by atoms with Crippen molar-refractivity contribution in [3.05, 3.63) is 55.7 Å². The molecule has 0 saturated carbocycles. The van der Waals surface area contributed by atoms with Crippen LogP contribution < -0.4 is 11.2 Å². The van der Waals surface area contributed by atoms with Crippen LogP contribution in [0.4, 0.5) is 0 Å². The predicted molar refractivity (Wildman–Crippen MR) is 97.2 cm³/mol. The van der Waals surface area contributed by atoms with Crippen LogP contribution >= 0.6 is 23.4 Å².